The Morgan fingerprint density at radius 3 is 1.56 bits per heavy atom. The molecule has 0 bridgehead atoms. The molecule has 0 spiro atoms. The monoisotopic (exact) mass is 575 g/mol. The summed E-state index contributed by atoms with van der Waals surface area (Å²) < 4.78 is 6.92. The van der Waals surface area contributed by atoms with Gasteiger partial charge in [-0.25, -0.2) is 0 Å². The predicted molar refractivity (Wildman–Crippen MR) is 186 cm³/mol. The molecule has 0 saturated carbocycles. The lowest BCUT2D eigenvalue weighted by Gasteiger charge is -2.35. The van der Waals surface area contributed by atoms with Crippen LogP contribution in [0.2, 0.25) is 0 Å². The number of nitrogens with zero attached hydrogens (tertiary/aromatic N) is 1. The van der Waals surface area contributed by atoms with Crippen LogP contribution in [0.5, 0.6) is 0 Å². The summed E-state index contributed by atoms with van der Waals surface area (Å²) in [5.41, 5.74) is 12.0. The molecule has 1 aromatic heterocycles. The number of benzene rings is 7. The van der Waals surface area contributed by atoms with Crippen LogP contribution in [0.4, 0.5) is 17.1 Å². The van der Waals surface area contributed by atoms with Crippen LogP contribution in [0.15, 0.2) is 180 Å². The van der Waals surface area contributed by atoms with Gasteiger partial charge in [0, 0.05) is 22.1 Å². The highest BCUT2D eigenvalue weighted by molar-refractivity contribution is 6.13. The summed E-state index contributed by atoms with van der Waals surface area (Å²) >= 11 is 0. The highest BCUT2D eigenvalue weighted by Gasteiger charge is 2.47. The summed E-state index contributed by atoms with van der Waals surface area (Å²) in [6, 6.07) is 63.0. The summed E-state index contributed by atoms with van der Waals surface area (Å²) in [5.74, 6) is 0. The number of hydrogen-bond donors (Lipinski definition) is 0. The fraction of sp³-hybridized carbons (Fsp3) is 0.0233. The Hall–Kier alpha value is -5.86. The van der Waals surface area contributed by atoms with E-state index in [9.17, 15) is 0 Å². The maximum Gasteiger partial charge on any atom is 0.159 e. The fourth-order valence-electron chi connectivity index (χ4n) is 7.56. The quantitative estimate of drug-likeness (QED) is 0.203. The predicted octanol–water partition coefficient (Wildman–Crippen LogP) is 11.4. The third kappa shape index (κ3) is 3.69. The number of rotatable bonds is 5. The molecule has 7 aromatic carbocycles. The van der Waals surface area contributed by atoms with Crippen molar-refractivity contribution >= 4 is 39.0 Å². The van der Waals surface area contributed by atoms with Crippen molar-refractivity contribution < 1.29 is 4.42 Å². The van der Waals surface area contributed by atoms with Crippen molar-refractivity contribution in [1.29, 1.82) is 0 Å². The van der Waals surface area contributed by atoms with E-state index >= 15 is 0 Å². The third-order valence-electron chi connectivity index (χ3n) is 9.34. The zero-order chi connectivity index (χ0) is 29.8. The Morgan fingerprint density at radius 1 is 0.422 bits per heavy atom. The second-order valence-electron chi connectivity index (χ2n) is 11.6. The van der Waals surface area contributed by atoms with Crippen molar-refractivity contribution in [2.45, 2.75) is 5.41 Å². The molecule has 0 saturated heterocycles. The second kappa shape index (κ2) is 10.1. The molecule has 45 heavy (non-hydrogen) atoms. The molecular formula is C43H29NO. The van der Waals surface area contributed by atoms with Gasteiger partial charge in [0.25, 0.3) is 0 Å². The maximum absolute atomic E-state index is 6.92. The molecule has 1 aliphatic carbocycles. The SMILES string of the molecule is c1ccc(N(c2ccccc2)c2ccc(C3(c4ccccc4)c4ccccc4-c4ccccc43)c3c2oc2ccccc23)cc1. The summed E-state index contributed by atoms with van der Waals surface area (Å²) in [4.78, 5) is 2.31. The van der Waals surface area contributed by atoms with Crippen LogP contribution in [-0.2, 0) is 5.41 Å². The Labute approximate surface area is 262 Å². The first-order valence-electron chi connectivity index (χ1n) is 15.5. The van der Waals surface area contributed by atoms with Crippen molar-refractivity contribution in [3.8, 4) is 11.1 Å². The lowest BCUT2D eigenvalue weighted by molar-refractivity contribution is 0.668. The molecule has 0 atom stereocenters. The molecule has 0 amide bonds. The molecule has 2 heteroatoms. The normalized spacial score (nSPS) is 13.1. The van der Waals surface area contributed by atoms with Gasteiger partial charge in [-0.2, -0.15) is 0 Å². The van der Waals surface area contributed by atoms with Crippen molar-refractivity contribution in [1.82, 2.24) is 0 Å². The van der Waals surface area contributed by atoms with Gasteiger partial charge in [-0.1, -0.05) is 140 Å². The maximum atomic E-state index is 6.92. The lowest BCUT2D eigenvalue weighted by Crippen LogP contribution is -2.29. The van der Waals surface area contributed by atoms with E-state index in [0.717, 1.165) is 39.0 Å². The van der Waals surface area contributed by atoms with Gasteiger partial charge in [0.15, 0.2) is 5.58 Å². The largest absolute Gasteiger partial charge is 0.454 e. The minimum Gasteiger partial charge on any atom is -0.454 e. The van der Waals surface area contributed by atoms with Crippen molar-refractivity contribution in [2.75, 3.05) is 4.90 Å². The second-order valence-corrected chi connectivity index (χ2v) is 11.6. The van der Waals surface area contributed by atoms with Crippen LogP contribution in [0.25, 0.3) is 33.1 Å². The van der Waals surface area contributed by atoms with E-state index in [1.807, 2.05) is 0 Å². The van der Waals surface area contributed by atoms with Gasteiger partial charge < -0.3 is 9.32 Å². The van der Waals surface area contributed by atoms with E-state index in [-0.39, 0.29) is 0 Å². The van der Waals surface area contributed by atoms with Crippen LogP contribution >= 0.6 is 0 Å². The van der Waals surface area contributed by atoms with E-state index in [2.05, 4.69) is 181 Å². The Kier molecular flexibility index (Phi) is 5.76. The van der Waals surface area contributed by atoms with E-state index in [4.69, 9.17) is 4.42 Å². The standard InChI is InChI=1S/C43H29NO/c1-4-16-30(17-5-1)43(36-25-13-10-22-33(36)34-23-11-14-26-37(34)43)38-28-29-39(42-41(38)35-24-12-15-27-40(35)45-42)44(31-18-6-2-7-19-31)32-20-8-3-9-21-32/h1-29H. The van der Waals surface area contributed by atoms with Gasteiger partial charge in [-0.05, 0) is 69.8 Å². The van der Waals surface area contributed by atoms with Crippen molar-refractivity contribution in [2.24, 2.45) is 0 Å². The number of anilines is 3. The van der Waals surface area contributed by atoms with Gasteiger partial charge in [-0.3, -0.25) is 0 Å². The van der Waals surface area contributed by atoms with Gasteiger partial charge in [-0.15, -0.1) is 0 Å². The number of furan rings is 1. The minimum absolute atomic E-state index is 0.539. The highest BCUT2D eigenvalue weighted by Crippen LogP contribution is 2.58. The average molecular weight is 576 g/mol. The molecule has 0 radical (unpaired) electrons. The van der Waals surface area contributed by atoms with Gasteiger partial charge >= 0.3 is 0 Å². The van der Waals surface area contributed by atoms with Crippen molar-refractivity contribution in [3.63, 3.8) is 0 Å². The summed E-state index contributed by atoms with van der Waals surface area (Å²) in [5, 5.41) is 2.25. The zero-order valence-electron chi connectivity index (χ0n) is 24.6. The van der Waals surface area contributed by atoms with Crippen LogP contribution in [0, 0.1) is 0 Å². The number of hydrogen-bond acceptors (Lipinski definition) is 2. The van der Waals surface area contributed by atoms with E-state index in [0.29, 0.717) is 0 Å². The molecule has 2 nitrogen and oxygen atoms in total. The molecule has 8 aromatic rings. The van der Waals surface area contributed by atoms with Crippen LogP contribution in [0.1, 0.15) is 22.3 Å². The highest BCUT2D eigenvalue weighted by atomic mass is 16.3. The van der Waals surface area contributed by atoms with Gasteiger partial charge in [0.05, 0.1) is 11.1 Å². The summed E-state index contributed by atoms with van der Waals surface area (Å²) in [7, 11) is 0. The minimum atomic E-state index is -0.539. The van der Waals surface area contributed by atoms with Crippen molar-refractivity contribution in [3.05, 3.63) is 198 Å². The molecule has 0 fully saturated rings. The number of fused-ring (bicyclic) bond motifs is 6. The Balaban J connectivity index is 1.45. The average Bonchev–Trinajstić information content (AvgIpc) is 3.65. The van der Waals surface area contributed by atoms with Crippen LogP contribution < -0.4 is 4.90 Å². The summed E-state index contributed by atoms with van der Waals surface area (Å²) in [6.07, 6.45) is 0. The van der Waals surface area contributed by atoms with E-state index < -0.39 is 5.41 Å². The van der Waals surface area contributed by atoms with Crippen LogP contribution in [0.3, 0.4) is 0 Å². The first-order valence-corrected chi connectivity index (χ1v) is 15.5. The van der Waals surface area contributed by atoms with Gasteiger partial charge in [0.2, 0.25) is 0 Å². The molecule has 1 heterocycles. The first kappa shape index (κ1) is 25.6. The lowest BCUT2D eigenvalue weighted by atomic mass is 9.66. The molecule has 9 rings (SSSR count). The molecular weight excluding hydrogens is 546 g/mol. The first-order chi connectivity index (χ1) is 22.4. The molecule has 212 valence electrons. The summed E-state index contributed by atoms with van der Waals surface area (Å²) in [6.45, 7) is 0. The van der Waals surface area contributed by atoms with E-state index in [1.54, 1.807) is 0 Å². The smallest absolute Gasteiger partial charge is 0.159 e. The Bertz CT molecular complexity index is 2240. The molecule has 1 aliphatic rings. The Morgan fingerprint density at radius 2 is 0.933 bits per heavy atom. The third-order valence-corrected chi connectivity index (χ3v) is 9.34. The fourth-order valence-corrected chi connectivity index (χ4v) is 7.56. The van der Waals surface area contributed by atoms with E-state index in [1.165, 1.54) is 33.4 Å². The topological polar surface area (TPSA) is 16.4 Å². The molecule has 0 N–H and O–H groups in total. The molecule has 0 aliphatic heterocycles. The van der Waals surface area contributed by atoms with Gasteiger partial charge in [0.1, 0.15) is 5.58 Å². The molecule has 0 unspecified atom stereocenters. The van der Waals surface area contributed by atoms with Crippen LogP contribution in [-0.4, -0.2) is 0 Å². The zero-order valence-corrected chi connectivity index (χ0v) is 24.6. The number of para-hydroxylation sites is 3.